The summed E-state index contributed by atoms with van der Waals surface area (Å²) in [6.07, 6.45) is 0.109. The lowest BCUT2D eigenvalue weighted by Gasteiger charge is -2.22. The summed E-state index contributed by atoms with van der Waals surface area (Å²) in [7, 11) is -1.91. The van der Waals surface area contributed by atoms with E-state index in [0.29, 0.717) is 6.61 Å². The van der Waals surface area contributed by atoms with Gasteiger partial charge in [-0.3, -0.25) is 0 Å². The Kier molecular flexibility index (Phi) is 4.40. The zero-order valence-electron chi connectivity index (χ0n) is 7.18. The highest BCUT2D eigenvalue weighted by molar-refractivity contribution is 7.46. The van der Waals surface area contributed by atoms with Crippen LogP contribution in [0.15, 0.2) is 0 Å². The van der Waals surface area contributed by atoms with Gasteiger partial charge in [0.25, 0.3) is 0 Å². The first-order valence-corrected chi connectivity index (χ1v) is 5.20. The highest BCUT2D eigenvalue weighted by atomic mass is 31.1. The monoisotopic (exact) mass is 175 g/mol. The molecule has 1 atom stereocenters. The smallest absolute Gasteiger partial charge is 0.119 e. The molecule has 0 radical (unpaired) electrons. The maximum atomic E-state index is 11.3. The molecule has 0 fully saturated rings. The molecular weight excluding hydrogens is 161 g/mol. The summed E-state index contributed by atoms with van der Waals surface area (Å²) in [5.74, 6) is 0. The van der Waals surface area contributed by atoms with Crippen molar-refractivity contribution >= 4 is 7.80 Å². The van der Waals surface area contributed by atoms with Crippen molar-refractivity contribution in [3.63, 3.8) is 0 Å². The summed E-state index contributed by atoms with van der Waals surface area (Å²) >= 11 is 0. The van der Waals surface area contributed by atoms with E-state index in [-0.39, 0.29) is 6.16 Å². The van der Waals surface area contributed by atoms with E-state index in [4.69, 9.17) is 10.00 Å². The highest BCUT2D eigenvalue weighted by Crippen LogP contribution is 2.38. The third-order valence-electron chi connectivity index (χ3n) is 1.42. The summed E-state index contributed by atoms with van der Waals surface area (Å²) in [6, 6.07) is 1.88. The highest BCUT2D eigenvalue weighted by Gasteiger charge is 2.24. The summed E-state index contributed by atoms with van der Waals surface area (Å²) < 4.78 is 16.5. The zero-order chi connectivity index (χ0) is 8.91. The van der Waals surface area contributed by atoms with E-state index in [0.717, 1.165) is 0 Å². The minimum absolute atomic E-state index is 0.109. The first kappa shape index (κ1) is 10.7. The van der Waals surface area contributed by atoms with Crippen LogP contribution in [0, 0.1) is 11.3 Å². The van der Waals surface area contributed by atoms with Crippen molar-refractivity contribution in [2.75, 3.05) is 12.8 Å². The van der Waals surface area contributed by atoms with Gasteiger partial charge in [-0.25, -0.2) is 0 Å². The van der Waals surface area contributed by atoms with E-state index in [9.17, 15) is 4.57 Å². The van der Waals surface area contributed by atoms with Gasteiger partial charge in [0.2, 0.25) is 0 Å². The van der Waals surface area contributed by atoms with Crippen LogP contribution in [-0.2, 0) is 9.30 Å². The fourth-order valence-electron chi connectivity index (χ4n) is 0.726. The molecule has 0 N–H and O–H groups in total. The molecule has 0 aliphatic heterocycles. The van der Waals surface area contributed by atoms with Crippen molar-refractivity contribution in [3.8, 4) is 6.07 Å². The number of hydrogen-bond donors (Lipinski definition) is 0. The Labute approximate surface area is 68.1 Å². The molecule has 64 valence electrons. The van der Waals surface area contributed by atoms with E-state index in [2.05, 4.69) is 0 Å². The third-order valence-corrected chi connectivity index (χ3v) is 3.38. The van der Waals surface area contributed by atoms with Crippen LogP contribution in [-0.4, -0.2) is 18.1 Å². The van der Waals surface area contributed by atoms with Crippen LogP contribution >= 0.6 is 7.80 Å². The number of nitrogens with zero attached hydrogens (tertiary/aromatic N) is 1. The minimum Gasteiger partial charge on any atom is -0.368 e. The van der Waals surface area contributed by atoms with Gasteiger partial charge in [0.05, 0.1) is 12.2 Å². The average molecular weight is 175 g/mol. The predicted octanol–water partition coefficient (Wildman–Crippen LogP) is 1.84. The maximum Gasteiger partial charge on any atom is 0.119 e. The van der Waals surface area contributed by atoms with Crippen LogP contribution in [0.25, 0.3) is 0 Å². The van der Waals surface area contributed by atoms with E-state index in [1.807, 2.05) is 13.0 Å². The Bertz CT molecular complexity index is 183. The fourth-order valence-corrected chi connectivity index (χ4v) is 1.60. The van der Waals surface area contributed by atoms with Crippen molar-refractivity contribution in [1.82, 2.24) is 0 Å². The molecule has 0 aromatic heterocycles. The molecular formula is C7H14NO2P. The third kappa shape index (κ3) is 3.55. The fraction of sp³-hybridized carbons (Fsp3) is 0.857. The maximum absolute atomic E-state index is 11.3. The second-order valence-electron chi connectivity index (χ2n) is 2.70. The largest absolute Gasteiger partial charge is 0.368 e. The molecule has 0 aliphatic rings. The van der Waals surface area contributed by atoms with E-state index < -0.39 is 13.1 Å². The summed E-state index contributed by atoms with van der Waals surface area (Å²) in [4.78, 5) is 0. The topological polar surface area (TPSA) is 50.1 Å². The van der Waals surface area contributed by atoms with Gasteiger partial charge in [-0.1, -0.05) is 0 Å². The van der Waals surface area contributed by atoms with Gasteiger partial charge in [0.15, 0.2) is 0 Å². The second kappa shape index (κ2) is 4.54. The van der Waals surface area contributed by atoms with Crippen LogP contribution in [0.2, 0.25) is 0 Å². The lowest BCUT2D eigenvalue weighted by atomic mass is 10.5. The van der Waals surface area contributed by atoms with Gasteiger partial charge in [-0.2, -0.15) is 5.26 Å². The quantitative estimate of drug-likeness (QED) is 0.612. The molecule has 0 spiro atoms. The standard InChI is InChI=1S/C7H14NO2P/c1-4-10-7(2,3)11(9)6-5-8/h11H,4,6H2,1-3H3. The molecule has 0 bridgehead atoms. The molecule has 0 heterocycles. The molecule has 3 nitrogen and oxygen atoms in total. The predicted molar refractivity (Wildman–Crippen MR) is 45.2 cm³/mol. The number of ether oxygens (including phenoxy) is 1. The van der Waals surface area contributed by atoms with Crippen LogP contribution in [0.5, 0.6) is 0 Å². The van der Waals surface area contributed by atoms with E-state index in [1.54, 1.807) is 13.8 Å². The van der Waals surface area contributed by atoms with Gasteiger partial charge < -0.3 is 9.30 Å². The zero-order valence-corrected chi connectivity index (χ0v) is 8.18. The van der Waals surface area contributed by atoms with Crippen molar-refractivity contribution in [3.05, 3.63) is 0 Å². The number of hydrogen-bond acceptors (Lipinski definition) is 3. The average Bonchev–Trinajstić information content (AvgIpc) is 1.88. The van der Waals surface area contributed by atoms with Gasteiger partial charge in [-0.15, -0.1) is 0 Å². The summed E-state index contributed by atoms with van der Waals surface area (Å²) in [5, 5.41) is 7.67. The molecule has 0 amide bonds. The van der Waals surface area contributed by atoms with Crippen LogP contribution in [0.1, 0.15) is 20.8 Å². The Morgan fingerprint density at radius 1 is 1.64 bits per heavy atom. The molecule has 0 aromatic carbocycles. The summed E-state index contributed by atoms with van der Waals surface area (Å²) in [5.41, 5.74) is 0. The normalized spacial score (nSPS) is 14.0. The van der Waals surface area contributed by atoms with Crippen LogP contribution in [0.3, 0.4) is 0 Å². The Hall–Kier alpha value is -0.320. The molecule has 0 saturated carbocycles. The molecule has 0 rings (SSSR count). The lowest BCUT2D eigenvalue weighted by molar-refractivity contribution is 0.0552. The second-order valence-corrected chi connectivity index (χ2v) is 5.11. The molecule has 0 saturated heterocycles. The van der Waals surface area contributed by atoms with Crippen molar-refractivity contribution < 1.29 is 9.30 Å². The van der Waals surface area contributed by atoms with Gasteiger partial charge in [0, 0.05) is 6.61 Å². The first-order chi connectivity index (χ1) is 5.04. The first-order valence-electron chi connectivity index (χ1n) is 3.58. The number of rotatable bonds is 4. The minimum atomic E-state index is -1.91. The Balaban J connectivity index is 4.08. The van der Waals surface area contributed by atoms with Gasteiger partial charge in [0.1, 0.15) is 13.1 Å². The van der Waals surface area contributed by atoms with E-state index >= 15 is 0 Å². The Morgan fingerprint density at radius 2 is 2.18 bits per heavy atom. The molecule has 0 aliphatic carbocycles. The molecule has 0 aromatic rings. The number of nitriles is 1. The molecule has 1 unspecified atom stereocenters. The van der Waals surface area contributed by atoms with Crippen LogP contribution in [0.4, 0.5) is 0 Å². The van der Waals surface area contributed by atoms with Gasteiger partial charge >= 0.3 is 0 Å². The van der Waals surface area contributed by atoms with Crippen molar-refractivity contribution in [1.29, 1.82) is 5.26 Å². The Morgan fingerprint density at radius 3 is 2.55 bits per heavy atom. The molecule has 4 heteroatoms. The SMILES string of the molecule is CCOC(C)(C)[PH](=O)CC#N. The molecule has 11 heavy (non-hydrogen) atoms. The van der Waals surface area contributed by atoms with Crippen molar-refractivity contribution in [2.24, 2.45) is 0 Å². The van der Waals surface area contributed by atoms with Crippen molar-refractivity contribution in [2.45, 2.75) is 26.1 Å². The lowest BCUT2D eigenvalue weighted by Crippen LogP contribution is -2.19. The van der Waals surface area contributed by atoms with Crippen LogP contribution < -0.4 is 0 Å². The summed E-state index contributed by atoms with van der Waals surface area (Å²) in [6.45, 7) is 5.91. The van der Waals surface area contributed by atoms with E-state index in [1.165, 1.54) is 0 Å². The van der Waals surface area contributed by atoms with Gasteiger partial charge in [-0.05, 0) is 20.8 Å².